The molecule has 2 heterocycles. The normalized spacial score (nSPS) is 13.8. The van der Waals surface area contributed by atoms with Crippen molar-refractivity contribution in [3.63, 3.8) is 0 Å². The van der Waals surface area contributed by atoms with Gasteiger partial charge >= 0.3 is 0 Å². The van der Waals surface area contributed by atoms with Crippen molar-refractivity contribution < 1.29 is 13.9 Å². The van der Waals surface area contributed by atoms with Crippen LogP contribution in [0, 0.1) is 11.3 Å². The highest BCUT2D eigenvalue weighted by Crippen LogP contribution is 2.26. The minimum atomic E-state index is 0.191. The van der Waals surface area contributed by atoms with Gasteiger partial charge in [0.25, 0.3) is 0 Å². The predicted octanol–water partition coefficient (Wildman–Crippen LogP) is 3.12. The highest BCUT2D eigenvalue weighted by Gasteiger charge is 2.22. The summed E-state index contributed by atoms with van der Waals surface area (Å²) in [6.07, 6.45) is 2.23. The Hall–Kier alpha value is -2.68. The van der Waals surface area contributed by atoms with E-state index in [1.807, 2.05) is 31.2 Å². The molecule has 6 nitrogen and oxygen atoms in total. The second kappa shape index (κ2) is 7.05. The van der Waals surface area contributed by atoms with Crippen LogP contribution >= 0.6 is 0 Å². The zero-order valence-corrected chi connectivity index (χ0v) is 13.1. The zero-order chi connectivity index (χ0) is 16.1. The standard InChI is InChI=1S/C17H19N3O3/c1-2-21-13-5-7-14(8-6-13)22-12-16-19-15(11-18)17(23-16)20-9-3-4-10-20/h5-8H,2-4,9-10,12H2,1H3. The first-order valence-corrected chi connectivity index (χ1v) is 7.80. The molecule has 0 aliphatic carbocycles. The smallest absolute Gasteiger partial charge is 0.236 e. The maximum Gasteiger partial charge on any atom is 0.236 e. The second-order valence-electron chi connectivity index (χ2n) is 5.26. The number of hydrogen-bond acceptors (Lipinski definition) is 6. The monoisotopic (exact) mass is 313 g/mol. The summed E-state index contributed by atoms with van der Waals surface area (Å²) < 4.78 is 16.8. The molecular weight excluding hydrogens is 294 g/mol. The van der Waals surface area contributed by atoms with E-state index in [2.05, 4.69) is 16.0 Å². The molecule has 23 heavy (non-hydrogen) atoms. The Morgan fingerprint density at radius 2 is 1.83 bits per heavy atom. The molecule has 0 amide bonds. The minimum Gasteiger partial charge on any atom is -0.494 e. The van der Waals surface area contributed by atoms with Gasteiger partial charge in [0.1, 0.15) is 17.6 Å². The van der Waals surface area contributed by atoms with Gasteiger partial charge < -0.3 is 18.8 Å². The van der Waals surface area contributed by atoms with Crippen LogP contribution in [0.5, 0.6) is 11.5 Å². The molecule has 1 aromatic heterocycles. The van der Waals surface area contributed by atoms with Gasteiger partial charge in [-0.25, -0.2) is 0 Å². The molecule has 1 saturated heterocycles. The average Bonchev–Trinajstić information content (AvgIpc) is 3.23. The lowest BCUT2D eigenvalue weighted by Gasteiger charge is -2.12. The first-order valence-electron chi connectivity index (χ1n) is 7.80. The zero-order valence-electron chi connectivity index (χ0n) is 13.1. The molecule has 0 spiro atoms. The van der Waals surface area contributed by atoms with E-state index in [-0.39, 0.29) is 6.61 Å². The van der Waals surface area contributed by atoms with Crippen LogP contribution in [0.15, 0.2) is 28.7 Å². The Kier molecular flexibility index (Phi) is 4.67. The Morgan fingerprint density at radius 3 is 2.43 bits per heavy atom. The summed E-state index contributed by atoms with van der Waals surface area (Å²) in [4.78, 5) is 6.28. The molecule has 0 atom stereocenters. The fraction of sp³-hybridized carbons (Fsp3) is 0.412. The number of oxazole rings is 1. The van der Waals surface area contributed by atoms with E-state index in [0.717, 1.165) is 31.7 Å². The van der Waals surface area contributed by atoms with Gasteiger partial charge in [0, 0.05) is 13.1 Å². The molecule has 1 aliphatic heterocycles. The summed E-state index contributed by atoms with van der Waals surface area (Å²) in [6.45, 7) is 4.58. The van der Waals surface area contributed by atoms with E-state index in [4.69, 9.17) is 13.9 Å². The van der Waals surface area contributed by atoms with Gasteiger partial charge in [0.15, 0.2) is 6.61 Å². The molecule has 2 aromatic rings. The topological polar surface area (TPSA) is 71.5 Å². The molecule has 120 valence electrons. The lowest BCUT2D eigenvalue weighted by Crippen LogP contribution is -2.17. The summed E-state index contributed by atoms with van der Waals surface area (Å²) >= 11 is 0. The molecule has 0 unspecified atom stereocenters. The number of ether oxygens (including phenoxy) is 2. The summed E-state index contributed by atoms with van der Waals surface area (Å²) in [5, 5.41) is 9.20. The SMILES string of the molecule is CCOc1ccc(OCc2nc(C#N)c(N3CCCC3)o2)cc1. The van der Waals surface area contributed by atoms with Gasteiger partial charge in [-0.2, -0.15) is 10.2 Å². The second-order valence-corrected chi connectivity index (χ2v) is 5.26. The van der Waals surface area contributed by atoms with Gasteiger partial charge in [-0.1, -0.05) is 0 Å². The van der Waals surface area contributed by atoms with Crippen molar-refractivity contribution in [1.82, 2.24) is 4.98 Å². The molecule has 1 aliphatic rings. The highest BCUT2D eigenvalue weighted by molar-refractivity contribution is 5.48. The Bertz CT molecular complexity index is 682. The summed E-state index contributed by atoms with van der Waals surface area (Å²) in [6, 6.07) is 9.47. The van der Waals surface area contributed by atoms with Gasteiger partial charge in [0.05, 0.1) is 6.61 Å². The summed E-state index contributed by atoms with van der Waals surface area (Å²) in [5.41, 5.74) is 0.331. The van der Waals surface area contributed by atoms with Crippen molar-refractivity contribution in [3.8, 4) is 17.6 Å². The number of aromatic nitrogens is 1. The molecule has 0 radical (unpaired) electrons. The fourth-order valence-electron chi connectivity index (χ4n) is 2.57. The van der Waals surface area contributed by atoms with Crippen LogP contribution in [0.25, 0.3) is 0 Å². The Labute approximate surface area is 135 Å². The molecule has 0 N–H and O–H groups in total. The molecule has 3 rings (SSSR count). The first kappa shape index (κ1) is 15.2. The quantitative estimate of drug-likeness (QED) is 0.816. The average molecular weight is 313 g/mol. The van der Waals surface area contributed by atoms with Gasteiger partial charge in [-0.3, -0.25) is 0 Å². The van der Waals surface area contributed by atoms with E-state index >= 15 is 0 Å². The number of benzene rings is 1. The maximum absolute atomic E-state index is 9.20. The molecule has 0 saturated carbocycles. The molecule has 1 fully saturated rings. The number of hydrogen-bond donors (Lipinski definition) is 0. The number of nitriles is 1. The van der Waals surface area contributed by atoms with Crippen LogP contribution in [0.4, 0.5) is 5.88 Å². The van der Waals surface area contributed by atoms with Crippen LogP contribution in [0.2, 0.25) is 0 Å². The third kappa shape index (κ3) is 3.57. The van der Waals surface area contributed by atoms with E-state index in [1.54, 1.807) is 0 Å². The van der Waals surface area contributed by atoms with Crippen LogP contribution in [0.1, 0.15) is 31.4 Å². The van der Waals surface area contributed by atoms with Crippen molar-refractivity contribution in [2.75, 3.05) is 24.6 Å². The number of anilines is 1. The van der Waals surface area contributed by atoms with E-state index in [0.29, 0.717) is 29.8 Å². The Balaban J connectivity index is 1.65. The lowest BCUT2D eigenvalue weighted by molar-refractivity contribution is 0.263. The van der Waals surface area contributed by atoms with E-state index in [1.165, 1.54) is 0 Å². The van der Waals surface area contributed by atoms with Crippen molar-refractivity contribution in [2.24, 2.45) is 0 Å². The highest BCUT2D eigenvalue weighted by atomic mass is 16.5. The predicted molar refractivity (Wildman–Crippen MR) is 84.6 cm³/mol. The molecule has 0 bridgehead atoms. The fourth-order valence-corrected chi connectivity index (χ4v) is 2.57. The van der Waals surface area contributed by atoms with Crippen LogP contribution in [0.3, 0.4) is 0 Å². The number of nitrogens with zero attached hydrogens (tertiary/aromatic N) is 3. The summed E-state index contributed by atoms with van der Waals surface area (Å²) in [5.74, 6) is 2.49. The third-order valence-electron chi connectivity index (χ3n) is 3.65. The molecule has 6 heteroatoms. The summed E-state index contributed by atoms with van der Waals surface area (Å²) in [7, 11) is 0. The molecule has 1 aromatic carbocycles. The lowest BCUT2D eigenvalue weighted by atomic mass is 10.3. The largest absolute Gasteiger partial charge is 0.494 e. The van der Waals surface area contributed by atoms with Crippen LogP contribution in [-0.4, -0.2) is 24.7 Å². The van der Waals surface area contributed by atoms with Gasteiger partial charge in [-0.15, -0.1) is 0 Å². The van der Waals surface area contributed by atoms with Gasteiger partial charge in [-0.05, 0) is 44.0 Å². The van der Waals surface area contributed by atoms with Crippen LogP contribution < -0.4 is 14.4 Å². The number of rotatable bonds is 6. The van der Waals surface area contributed by atoms with Crippen LogP contribution in [-0.2, 0) is 6.61 Å². The third-order valence-corrected chi connectivity index (χ3v) is 3.65. The van der Waals surface area contributed by atoms with Crippen molar-refractivity contribution in [1.29, 1.82) is 5.26 Å². The van der Waals surface area contributed by atoms with E-state index in [9.17, 15) is 5.26 Å². The Morgan fingerprint density at radius 1 is 1.17 bits per heavy atom. The maximum atomic E-state index is 9.20. The van der Waals surface area contributed by atoms with Crippen molar-refractivity contribution in [3.05, 3.63) is 35.9 Å². The first-order chi connectivity index (χ1) is 11.3. The molecular formula is C17H19N3O3. The van der Waals surface area contributed by atoms with Crippen molar-refractivity contribution >= 4 is 5.88 Å². The van der Waals surface area contributed by atoms with Gasteiger partial charge in [0.2, 0.25) is 17.5 Å². The van der Waals surface area contributed by atoms with E-state index < -0.39 is 0 Å². The minimum absolute atomic E-state index is 0.191. The van der Waals surface area contributed by atoms with Crippen molar-refractivity contribution in [2.45, 2.75) is 26.4 Å².